The first-order valence-corrected chi connectivity index (χ1v) is 8.84. The third kappa shape index (κ3) is 3.52. The van der Waals surface area contributed by atoms with Crippen molar-refractivity contribution in [3.05, 3.63) is 28.2 Å². The number of nitrogens with one attached hydrogen (secondary N) is 1. The van der Waals surface area contributed by atoms with Crippen LogP contribution in [0.4, 0.5) is 0 Å². The van der Waals surface area contributed by atoms with Crippen molar-refractivity contribution in [3.8, 4) is 0 Å². The number of benzene rings is 1. The van der Waals surface area contributed by atoms with Gasteiger partial charge in [-0.3, -0.25) is 4.79 Å². The van der Waals surface area contributed by atoms with E-state index >= 15 is 0 Å². The predicted molar refractivity (Wildman–Crippen MR) is 80.5 cm³/mol. The molecule has 1 aromatic rings. The van der Waals surface area contributed by atoms with Crippen LogP contribution in [0.15, 0.2) is 27.6 Å². The van der Waals surface area contributed by atoms with Gasteiger partial charge in [-0.05, 0) is 31.0 Å². The molecule has 7 heteroatoms. The van der Waals surface area contributed by atoms with Crippen LogP contribution >= 0.6 is 28.6 Å². The van der Waals surface area contributed by atoms with Crippen molar-refractivity contribution < 1.29 is 13.2 Å². The molecule has 1 saturated heterocycles. The van der Waals surface area contributed by atoms with Crippen LogP contribution in [0.1, 0.15) is 23.2 Å². The summed E-state index contributed by atoms with van der Waals surface area (Å²) < 4.78 is 24.1. The molecule has 1 atom stereocenters. The van der Waals surface area contributed by atoms with Crippen molar-refractivity contribution in [1.82, 2.24) is 5.32 Å². The van der Waals surface area contributed by atoms with Crippen LogP contribution in [0.3, 0.4) is 0 Å². The monoisotopic (exact) mass is 363 g/mol. The molecular weight excluding hydrogens is 350 g/mol. The summed E-state index contributed by atoms with van der Waals surface area (Å²) in [5, 5.41) is 2.23. The normalized spacial score (nSPS) is 21.3. The molecule has 0 saturated carbocycles. The van der Waals surface area contributed by atoms with Crippen molar-refractivity contribution in [2.75, 3.05) is 12.3 Å². The fourth-order valence-corrected chi connectivity index (χ4v) is 4.70. The molecule has 0 radical (unpaired) electrons. The zero-order valence-corrected chi connectivity index (χ0v) is 13.4. The second-order valence-electron chi connectivity index (χ2n) is 4.50. The summed E-state index contributed by atoms with van der Waals surface area (Å²) in [6, 6.07) is 5.14. The molecule has 1 aliphatic heterocycles. The number of halogens is 1. The van der Waals surface area contributed by atoms with Gasteiger partial charge in [0, 0.05) is 15.9 Å². The molecule has 1 unspecified atom stereocenters. The maximum atomic E-state index is 12.0. The maximum absolute atomic E-state index is 12.0. The van der Waals surface area contributed by atoms with Crippen molar-refractivity contribution in [3.63, 3.8) is 0 Å². The lowest BCUT2D eigenvalue weighted by Crippen LogP contribution is -2.34. The maximum Gasteiger partial charge on any atom is 0.252 e. The van der Waals surface area contributed by atoms with Gasteiger partial charge in [-0.2, -0.15) is 0 Å². The van der Waals surface area contributed by atoms with Gasteiger partial charge in [-0.25, -0.2) is 8.42 Å². The summed E-state index contributed by atoms with van der Waals surface area (Å²) in [5.41, 5.74) is 0.446. The Morgan fingerprint density at radius 3 is 2.79 bits per heavy atom. The second-order valence-corrected chi connectivity index (χ2v) is 8.30. The number of sulfone groups is 1. The molecule has 1 amide bonds. The SMILES string of the molecule is O=C(NCC1CCCS1(=O)=O)c1ccc(Br)cc1S. The third-order valence-electron chi connectivity index (χ3n) is 3.16. The highest BCUT2D eigenvalue weighted by molar-refractivity contribution is 9.10. The lowest BCUT2D eigenvalue weighted by atomic mass is 10.2. The second kappa shape index (κ2) is 5.85. The molecule has 2 rings (SSSR count). The van der Waals surface area contributed by atoms with Gasteiger partial charge in [-0.1, -0.05) is 15.9 Å². The smallest absolute Gasteiger partial charge is 0.252 e. The molecule has 1 N–H and O–H groups in total. The Bertz CT molecular complexity index is 601. The molecule has 0 aromatic heterocycles. The summed E-state index contributed by atoms with van der Waals surface area (Å²) >= 11 is 7.53. The molecule has 19 heavy (non-hydrogen) atoms. The average Bonchev–Trinajstić information content (AvgIpc) is 2.65. The number of rotatable bonds is 3. The Kier molecular flexibility index (Phi) is 4.58. The van der Waals surface area contributed by atoms with Crippen LogP contribution in [0.5, 0.6) is 0 Å². The van der Waals surface area contributed by atoms with E-state index in [1.807, 2.05) is 0 Å². The molecule has 104 valence electrons. The Labute approximate surface area is 126 Å². The molecule has 1 aromatic carbocycles. The largest absolute Gasteiger partial charge is 0.351 e. The van der Waals surface area contributed by atoms with E-state index in [0.717, 1.165) is 4.47 Å². The van der Waals surface area contributed by atoms with E-state index < -0.39 is 15.1 Å². The first kappa shape index (κ1) is 14.9. The van der Waals surface area contributed by atoms with Crippen molar-refractivity contribution in [2.24, 2.45) is 0 Å². The Balaban J connectivity index is 2.02. The van der Waals surface area contributed by atoms with Gasteiger partial charge in [-0.15, -0.1) is 12.6 Å². The van der Waals surface area contributed by atoms with Crippen LogP contribution in [0.2, 0.25) is 0 Å². The predicted octanol–water partition coefficient (Wildman–Crippen LogP) is 2.04. The third-order valence-corrected chi connectivity index (χ3v) is 6.30. The number of hydrogen-bond donors (Lipinski definition) is 2. The van der Waals surface area contributed by atoms with Gasteiger partial charge < -0.3 is 5.32 Å². The first-order chi connectivity index (χ1) is 8.90. The summed E-state index contributed by atoms with van der Waals surface area (Å²) in [6.45, 7) is 0.171. The van der Waals surface area contributed by atoms with Gasteiger partial charge in [0.25, 0.3) is 5.91 Å². The van der Waals surface area contributed by atoms with Gasteiger partial charge >= 0.3 is 0 Å². The minimum Gasteiger partial charge on any atom is -0.351 e. The van der Waals surface area contributed by atoms with E-state index in [0.29, 0.717) is 23.3 Å². The molecular formula is C12H14BrNO3S2. The number of amides is 1. The standard InChI is InChI=1S/C12H14BrNO3S2/c13-8-3-4-10(11(18)6-8)12(15)14-7-9-2-1-5-19(9,16)17/h3-4,6,9,18H,1-2,5,7H2,(H,14,15). The Morgan fingerprint density at radius 1 is 1.47 bits per heavy atom. The lowest BCUT2D eigenvalue weighted by molar-refractivity contribution is 0.0950. The van der Waals surface area contributed by atoms with E-state index in [1.165, 1.54) is 0 Å². The van der Waals surface area contributed by atoms with E-state index in [2.05, 4.69) is 33.9 Å². The zero-order valence-electron chi connectivity index (χ0n) is 10.1. The molecule has 1 fully saturated rings. The Hall–Kier alpha value is -0.530. The van der Waals surface area contributed by atoms with E-state index in [-0.39, 0.29) is 18.2 Å². The molecule has 0 aliphatic carbocycles. The van der Waals surface area contributed by atoms with E-state index in [1.54, 1.807) is 18.2 Å². The number of carbonyl (C=O) groups excluding carboxylic acids is 1. The van der Waals surface area contributed by atoms with Gasteiger partial charge in [0.15, 0.2) is 9.84 Å². The topological polar surface area (TPSA) is 63.2 Å². The Morgan fingerprint density at radius 2 is 2.21 bits per heavy atom. The summed E-state index contributed by atoms with van der Waals surface area (Å²) in [5.74, 6) is -0.0662. The molecule has 4 nitrogen and oxygen atoms in total. The highest BCUT2D eigenvalue weighted by Crippen LogP contribution is 2.21. The van der Waals surface area contributed by atoms with Gasteiger partial charge in [0.2, 0.25) is 0 Å². The fourth-order valence-electron chi connectivity index (χ4n) is 2.09. The van der Waals surface area contributed by atoms with Gasteiger partial charge in [0.1, 0.15) is 0 Å². The van der Waals surface area contributed by atoms with Crippen LogP contribution < -0.4 is 5.32 Å². The number of hydrogen-bond acceptors (Lipinski definition) is 4. The highest BCUT2D eigenvalue weighted by Gasteiger charge is 2.31. The first-order valence-electron chi connectivity index (χ1n) is 5.88. The molecule has 1 aliphatic rings. The molecule has 0 bridgehead atoms. The zero-order chi connectivity index (χ0) is 14.0. The van der Waals surface area contributed by atoms with Crippen LogP contribution in [0, 0.1) is 0 Å². The van der Waals surface area contributed by atoms with E-state index in [9.17, 15) is 13.2 Å². The minimum atomic E-state index is -3.02. The summed E-state index contributed by atoms with van der Waals surface area (Å²) in [7, 11) is -3.02. The highest BCUT2D eigenvalue weighted by atomic mass is 79.9. The van der Waals surface area contributed by atoms with Crippen LogP contribution in [-0.4, -0.2) is 31.9 Å². The van der Waals surface area contributed by atoms with Crippen molar-refractivity contribution in [2.45, 2.75) is 23.0 Å². The van der Waals surface area contributed by atoms with Crippen LogP contribution in [-0.2, 0) is 9.84 Å². The van der Waals surface area contributed by atoms with E-state index in [4.69, 9.17) is 0 Å². The van der Waals surface area contributed by atoms with Gasteiger partial charge in [0.05, 0.1) is 16.6 Å². The molecule has 1 heterocycles. The number of thiol groups is 1. The minimum absolute atomic E-state index is 0.171. The van der Waals surface area contributed by atoms with Crippen molar-refractivity contribution >= 4 is 44.3 Å². The average molecular weight is 364 g/mol. The quantitative estimate of drug-likeness (QED) is 0.807. The summed E-state index contributed by atoms with van der Waals surface area (Å²) in [4.78, 5) is 12.5. The lowest BCUT2D eigenvalue weighted by Gasteiger charge is -2.11. The molecule has 0 spiro atoms. The van der Waals surface area contributed by atoms with Crippen LogP contribution in [0.25, 0.3) is 0 Å². The number of carbonyl (C=O) groups is 1. The summed E-state index contributed by atoms with van der Waals surface area (Å²) in [6.07, 6.45) is 1.30. The fraction of sp³-hybridized carbons (Fsp3) is 0.417. The van der Waals surface area contributed by atoms with Crippen molar-refractivity contribution in [1.29, 1.82) is 0 Å².